The van der Waals surface area contributed by atoms with Gasteiger partial charge in [0.05, 0.1) is 12.5 Å². The number of piperidine rings is 1. The summed E-state index contributed by atoms with van der Waals surface area (Å²) in [6, 6.07) is 8.98. The number of hydrogen-bond acceptors (Lipinski definition) is 3. The van der Waals surface area contributed by atoms with Crippen LogP contribution >= 0.6 is 0 Å². The van der Waals surface area contributed by atoms with E-state index in [1.165, 1.54) is 0 Å². The van der Waals surface area contributed by atoms with Crippen molar-refractivity contribution in [1.82, 2.24) is 10.2 Å². The van der Waals surface area contributed by atoms with Crippen LogP contribution < -0.4 is 10.2 Å². The lowest BCUT2D eigenvalue weighted by atomic mass is 9.90. The lowest BCUT2D eigenvalue weighted by Gasteiger charge is -2.40. The molecule has 2 aliphatic heterocycles. The van der Waals surface area contributed by atoms with E-state index in [1.807, 2.05) is 51.1 Å². The van der Waals surface area contributed by atoms with Crippen LogP contribution in [0.25, 0.3) is 0 Å². The zero-order valence-corrected chi connectivity index (χ0v) is 15.7. The van der Waals surface area contributed by atoms with Gasteiger partial charge in [0.1, 0.15) is 6.04 Å². The monoisotopic (exact) mass is 357 g/mol. The van der Waals surface area contributed by atoms with Crippen LogP contribution in [-0.2, 0) is 14.4 Å². The quantitative estimate of drug-likeness (QED) is 0.839. The summed E-state index contributed by atoms with van der Waals surface area (Å²) in [6.45, 7) is 7.31. The second-order valence-electron chi connectivity index (χ2n) is 8.19. The zero-order chi connectivity index (χ0) is 18.9. The Morgan fingerprint density at radius 3 is 2.42 bits per heavy atom. The molecule has 1 aromatic carbocycles. The third kappa shape index (κ3) is 3.74. The third-order valence-electron chi connectivity index (χ3n) is 5.03. The van der Waals surface area contributed by atoms with Gasteiger partial charge in [-0.1, -0.05) is 39.0 Å². The average molecular weight is 357 g/mol. The van der Waals surface area contributed by atoms with Crippen LogP contribution in [0.4, 0.5) is 5.69 Å². The van der Waals surface area contributed by atoms with Crippen LogP contribution in [0.2, 0.25) is 0 Å². The number of amides is 3. The van der Waals surface area contributed by atoms with Crippen molar-refractivity contribution in [3.8, 4) is 0 Å². The molecule has 2 aliphatic rings. The molecule has 2 fully saturated rings. The zero-order valence-electron chi connectivity index (χ0n) is 15.7. The molecule has 6 heteroatoms. The number of benzene rings is 1. The SMILES string of the molecule is CC(C)(C)C(=O)N1CCC[C@H](C(=O)N[C@@H]2CN(c3ccccc3)C2=O)C1. The van der Waals surface area contributed by atoms with Gasteiger partial charge in [0.25, 0.3) is 5.91 Å². The molecule has 0 aliphatic carbocycles. The Hall–Kier alpha value is -2.37. The highest BCUT2D eigenvalue weighted by molar-refractivity contribution is 6.05. The second-order valence-corrected chi connectivity index (χ2v) is 8.19. The van der Waals surface area contributed by atoms with Crippen LogP contribution in [0.5, 0.6) is 0 Å². The van der Waals surface area contributed by atoms with E-state index in [0.29, 0.717) is 19.6 Å². The first-order chi connectivity index (χ1) is 12.3. The minimum absolute atomic E-state index is 0.0740. The number of hydrogen-bond donors (Lipinski definition) is 1. The number of para-hydroxylation sites is 1. The van der Waals surface area contributed by atoms with Crippen LogP contribution in [0.3, 0.4) is 0 Å². The molecule has 1 aromatic rings. The summed E-state index contributed by atoms with van der Waals surface area (Å²) in [5, 5.41) is 2.87. The predicted octanol–water partition coefficient (Wildman–Crippen LogP) is 1.80. The van der Waals surface area contributed by atoms with E-state index in [9.17, 15) is 14.4 Å². The van der Waals surface area contributed by atoms with Crippen molar-refractivity contribution in [3.63, 3.8) is 0 Å². The molecule has 0 saturated carbocycles. The lowest BCUT2D eigenvalue weighted by Crippen LogP contribution is -2.65. The van der Waals surface area contributed by atoms with Crippen molar-refractivity contribution in [3.05, 3.63) is 30.3 Å². The van der Waals surface area contributed by atoms with Gasteiger partial charge in [0.15, 0.2) is 0 Å². The maximum atomic E-state index is 12.6. The van der Waals surface area contributed by atoms with Crippen LogP contribution in [-0.4, -0.2) is 48.3 Å². The minimum Gasteiger partial charge on any atom is -0.342 e. The van der Waals surface area contributed by atoms with E-state index < -0.39 is 11.5 Å². The molecule has 2 heterocycles. The van der Waals surface area contributed by atoms with E-state index in [-0.39, 0.29) is 23.6 Å². The van der Waals surface area contributed by atoms with Gasteiger partial charge in [-0.05, 0) is 25.0 Å². The molecule has 0 bridgehead atoms. The molecule has 0 aromatic heterocycles. The van der Waals surface area contributed by atoms with Crippen LogP contribution in [0, 0.1) is 11.3 Å². The summed E-state index contributed by atoms with van der Waals surface area (Å²) in [5.74, 6) is -0.371. The molecular weight excluding hydrogens is 330 g/mol. The minimum atomic E-state index is -0.462. The summed E-state index contributed by atoms with van der Waals surface area (Å²) in [6.07, 6.45) is 1.57. The van der Waals surface area contributed by atoms with E-state index >= 15 is 0 Å². The Morgan fingerprint density at radius 1 is 1.12 bits per heavy atom. The summed E-state index contributed by atoms with van der Waals surface area (Å²) < 4.78 is 0. The van der Waals surface area contributed by atoms with Crippen molar-refractivity contribution in [2.45, 2.75) is 39.7 Å². The third-order valence-corrected chi connectivity index (χ3v) is 5.03. The molecule has 6 nitrogen and oxygen atoms in total. The summed E-state index contributed by atoms with van der Waals surface area (Å²) in [4.78, 5) is 40.8. The number of rotatable bonds is 3. The fourth-order valence-electron chi connectivity index (χ4n) is 3.51. The maximum absolute atomic E-state index is 12.6. The van der Waals surface area contributed by atoms with Crippen molar-refractivity contribution < 1.29 is 14.4 Å². The Balaban J connectivity index is 1.54. The Kier molecular flexibility index (Phi) is 5.03. The van der Waals surface area contributed by atoms with Gasteiger partial charge < -0.3 is 15.1 Å². The second kappa shape index (κ2) is 7.09. The highest BCUT2D eigenvalue weighted by Crippen LogP contribution is 2.25. The molecule has 0 unspecified atom stereocenters. The molecule has 3 rings (SSSR count). The van der Waals surface area contributed by atoms with Gasteiger partial charge in [-0.3, -0.25) is 14.4 Å². The van der Waals surface area contributed by atoms with Gasteiger partial charge >= 0.3 is 0 Å². The van der Waals surface area contributed by atoms with Crippen molar-refractivity contribution in [2.75, 3.05) is 24.5 Å². The molecule has 1 N–H and O–H groups in total. The van der Waals surface area contributed by atoms with Crippen molar-refractivity contribution in [2.24, 2.45) is 11.3 Å². The van der Waals surface area contributed by atoms with Crippen LogP contribution in [0.1, 0.15) is 33.6 Å². The fraction of sp³-hybridized carbons (Fsp3) is 0.550. The molecule has 0 spiro atoms. The van der Waals surface area contributed by atoms with E-state index in [0.717, 1.165) is 18.5 Å². The topological polar surface area (TPSA) is 69.7 Å². The highest BCUT2D eigenvalue weighted by Gasteiger charge is 2.40. The first-order valence-electron chi connectivity index (χ1n) is 9.23. The Bertz CT molecular complexity index is 696. The summed E-state index contributed by atoms with van der Waals surface area (Å²) in [5.41, 5.74) is 0.404. The molecule has 2 atom stereocenters. The molecule has 2 saturated heterocycles. The van der Waals surface area contributed by atoms with Crippen molar-refractivity contribution >= 4 is 23.4 Å². The molecule has 3 amide bonds. The number of carbonyl (C=O) groups excluding carboxylic acids is 3. The van der Waals surface area contributed by atoms with Gasteiger partial charge in [-0.2, -0.15) is 0 Å². The Morgan fingerprint density at radius 2 is 1.81 bits per heavy atom. The number of nitrogens with zero attached hydrogens (tertiary/aromatic N) is 2. The van der Waals surface area contributed by atoms with Gasteiger partial charge in [-0.25, -0.2) is 0 Å². The highest BCUT2D eigenvalue weighted by atomic mass is 16.2. The Labute approximate surface area is 154 Å². The molecule has 140 valence electrons. The summed E-state index contributed by atoms with van der Waals surface area (Å²) >= 11 is 0. The molecular formula is C20H27N3O3. The van der Waals surface area contributed by atoms with Gasteiger partial charge in [-0.15, -0.1) is 0 Å². The van der Waals surface area contributed by atoms with E-state index in [2.05, 4.69) is 5.32 Å². The number of β-lactam (4-membered cyclic amide) rings is 1. The first kappa shape index (κ1) is 18.4. The molecule has 0 radical (unpaired) electrons. The fourth-order valence-corrected chi connectivity index (χ4v) is 3.51. The number of nitrogens with one attached hydrogen (secondary N) is 1. The predicted molar refractivity (Wildman–Crippen MR) is 99.5 cm³/mol. The first-order valence-corrected chi connectivity index (χ1v) is 9.23. The van der Waals surface area contributed by atoms with Crippen LogP contribution in [0.15, 0.2) is 30.3 Å². The number of anilines is 1. The normalized spacial score (nSPS) is 23.4. The lowest BCUT2D eigenvalue weighted by molar-refractivity contribution is -0.143. The van der Waals surface area contributed by atoms with Gasteiger partial charge in [0.2, 0.25) is 11.8 Å². The van der Waals surface area contributed by atoms with E-state index in [4.69, 9.17) is 0 Å². The average Bonchev–Trinajstić information content (AvgIpc) is 2.63. The maximum Gasteiger partial charge on any atom is 0.251 e. The summed E-state index contributed by atoms with van der Waals surface area (Å²) in [7, 11) is 0. The smallest absolute Gasteiger partial charge is 0.251 e. The number of likely N-dealkylation sites (tertiary alicyclic amines) is 1. The van der Waals surface area contributed by atoms with Gasteiger partial charge in [0, 0.05) is 24.2 Å². The largest absolute Gasteiger partial charge is 0.342 e. The van der Waals surface area contributed by atoms with Crippen molar-refractivity contribution in [1.29, 1.82) is 0 Å². The van der Waals surface area contributed by atoms with E-state index in [1.54, 1.807) is 9.80 Å². The molecule has 26 heavy (non-hydrogen) atoms. The number of carbonyl (C=O) groups is 3. The standard InChI is InChI=1S/C20H27N3O3/c1-20(2,3)19(26)22-11-7-8-14(12-22)17(24)21-16-13-23(18(16)25)15-9-5-4-6-10-15/h4-6,9-10,14,16H,7-8,11-13H2,1-3H3,(H,21,24)/t14-,16+/m0/s1.